The molecule has 100 valence electrons. The lowest BCUT2D eigenvalue weighted by Gasteiger charge is -2.01. The Morgan fingerprint density at radius 2 is 1.61 bits per heavy atom. The molecule has 0 amide bonds. The molecule has 0 heterocycles. The van der Waals surface area contributed by atoms with Crippen molar-refractivity contribution < 1.29 is 14.3 Å². The van der Waals surface area contributed by atoms with Crippen molar-refractivity contribution in [1.82, 2.24) is 0 Å². The molecule has 0 bridgehead atoms. The number of ether oxygens (including phenoxy) is 1. The minimum Gasteiger partial charge on any atom is -0.466 e. The molecule has 3 nitrogen and oxygen atoms in total. The lowest BCUT2D eigenvalue weighted by atomic mass is 10.1. The largest absolute Gasteiger partial charge is 0.466 e. The van der Waals surface area contributed by atoms with Crippen LogP contribution in [-0.2, 0) is 9.53 Å². The highest BCUT2D eigenvalue weighted by Gasteiger charge is 2.11. The van der Waals surface area contributed by atoms with Gasteiger partial charge in [-0.05, 0) is 19.1 Å². The first kappa shape index (κ1) is 16.8. The van der Waals surface area contributed by atoms with Crippen molar-refractivity contribution in [1.29, 1.82) is 0 Å². The second-order valence-electron chi connectivity index (χ2n) is 3.62. The SMILES string of the molecule is CCC.CCOC(=O)CC(=O)c1ccc(Br)cc1. The van der Waals surface area contributed by atoms with E-state index in [1.54, 1.807) is 31.2 Å². The average molecular weight is 315 g/mol. The lowest BCUT2D eigenvalue weighted by molar-refractivity contribution is -0.141. The Kier molecular flexibility index (Phi) is 9.19. The number of Topliss-reactive ketones (excluding diaryl/α,β-unsaturated/α-hetero) is 1. The van der Waals surface area contributed by atoms with Gasteiger partial charge in [0.1, 0.15) is 6.42 Å². The van der Waals surface area contributed by atoms with E-state index >= 15 is 0 Å². The van der Waals surface area contributed by atoms with Gasteiger partial charge < -0.3 is 4.74 Å². The Morgan fingerprint density at radius 1 is 1.11 bits per heavy atom. The molecule has 0 fully saturated rings. The summed E-state index contributed by atoms with van der Waals surface area (Å²) >= 11 is 3.27. The summed E-state index contributed by atoms with van der Waals surface area (Å²) in [5.74, 6) is -0.702. The van der Waals surface area contributed by atoms with E-state index in [0.29, 0.717) is 12.2 Å². The predicted octanol–water partition coefficient (Wildman–Crippen LogP) is 4.00. The summed E-state index contributed by atoms with van der Waals surface area (Å²) in [5, 5.41) is 0. The zero-order valence-corrected chi connectivity index (χ0v) is 12.6. The zero-order chi connectivity index (χ0) is 14.0. The summed E-state index contributed by atoms with van der Waals surface area (Å²) in [6.07, 6.45) is 1.05. The van der Waals surface area contributed by atoms with Gasteiger partial charge in [-0.3, -0.25) is 9.59 Å². The number of rotatable bonds is 4. The smallest absolute Gasteiger partial charge is 0.313 e. The third kappa shape index (κ3) is 7.22. The molecule has 0 unspecified atom stereocenters. The van der Waals surface area contributed by atoms with Crippen LogP contribution in [0.4, 0.5) is 0 Å². The number of carbonyl (C=O) groups excluding carboxylic acids is 2. The molecular formula is C14H19BrO3. The standard InChI is InChI=1S/C11H11BrO3.C3H8/c1-2-15-11(14)7-10(13)8-3-5-9(12)6-4-8;1-3-2/h3-6H,2,7H2,1H3;3H2,1-2H3. The molecule has 4 heteroatoms. The number of carbonyl (C=O) groups is 2. The van der Waals surface area contributed by atoms with Crippen LogP contribution in [0, 0.1) is 0 Å². The number of benzene rings is 1. The van der Waals surface area contributed by atoms with Gasteiger partial charge in [-0.15, -0.1) is 0 Å². The molecule has 0 radical (unpaired) electrons. The lowest BCUT2D eigenvalue weighted by Crippen LogP contribution is -2.11. The van der Waals surface area contributed by atoms with Crippen molar-refractivity contribution in [3.05, 3.63) is 34.3 Å². The van der Waals surface area contributed by atoms with Crippen molar-refractivity contribution in [2.45, 2.75) is 33.6 Å². The molecule has 0 spiro atoms. The van der Waals surface area contributed by atoms with E-state index in [9.17, 15) is 9.59 Å². The molecule has 0 saturated heterocycles. The monoisotopic (exact) mass is 314 g/mol. The summed E-state index contributed by atoms with van der Waals surface area (Å²) in [7, 11) is 0. The summed E-state index contributed by atoms with van der Waals surface area (Å²) in [5.41, 5.74) is 0.520. The maximum absolute atomic E-state index is 11.5. The van der Waals surface area contributed by atoms with Crippen molar-refractivity contribution >= 4 is 27.7 Å². The molecule has 0 aliphatic carbocycles. The minimum absolute atomic E-state index is 0.199. The van der Waals surface area contributed by atoms with Crippen LogP contribution in [0.1, 0.15) is 44.0 Å². The molecule has 18 heavy (non-hydrogen) atoms. The summed E-state index contributed by atoms with van der Waals surface area (Å²) < 4.78 is 5.59. The fourth-order valence-corrected chi connectivity index (χ4v) is 1.35. The highest BCUT2D eigenvalue weighted by atomic mass is 79.9. The fraction of sp³-hybridized carbons (Fsp3) is 0.429. The van der Waals surface area contributed by atoms with Crippen LogP contribution in [-0.4, -0.2) is 18.4 Å². The van der Waals surface area contributed by atoms with E-state index in [-0.39, 0.29) is 12.2 Å². The van der Waals surface area contributed by atoms with Gasteiger partial charge in [0.15, 0.2) is 5.78 Å². The third-order valence-corrected chi connectivity index (χ3v) is 2.31. The zero-order valence-electron chi connectivity index (χ0n) is 11.0. The average Bonchev–Trinajstić information content (AvgIpc) is 2.31. The normalized spacial score (nSPS) is 9.11. The van der Waals surface area contributed by atoms with E-state index in [2.05, 4.69) is 34.5 Å². The van der Waals surface area contributed by atoms with Crippen molar-refractivity contribution in [2.75, 3.05) is 6.61 Å². The predicted molar refractivity (Wildman–Crippen MR) is 75.7 cm³/mol. The summed E-state index contributed by atoms with van der Waals surface area (Å²) in [6, 6.07) is 6.87. The van der Waals surface area contributed by atoms with Crippen molar-refractivity contribution in [3.8, 4) is 0 Å². The van der Waals surface area contributed by atoms with Crippen molar-refractivity contribution in [3.63, 3.8) is 0 Å². The summed E-state index contributed by atoms with van der Waals surface area (Å²) in [4.78, 5) is 22.6. The number of hydrogen-bond donors (Lipinski definition) is 0. The molecule has 0 aliphatic rings. The molecule has 1 rings (SSSR count). The maximum Gasteiger partial charge on any atom is 0.313 e. The first-order valence-corrected chi connectivity index (χ1v) is 6.78. The quantitative estimate of drug-likeness (QED) is 0.479. The van der Waals surface area contributed by atoms with Gasteiger partial charge in [-0.25, -0.2) is 0 Å². The van der Waals surface area contributed by atoms with Crippen LogP contribution < -0.4 is 0 Å². The van der Waals surface area contributed by atoms with E-state index in [4.69, 9.17) is 0 Å². The Balaban J connectivity index is 0.000000873. The van der Waals surface area contributed by atoms with Crippen LogP contribution in [0.15, 0.2) is 28.7 Å². The fourth-order valence-electron chi connectivity index (χ4n) is 1.08. The minimum atomic E-state index is -0.481. The Bertz CT molecular complexity index is 371. The van der Waals surface area contributed by atoms with E-state index in [0.717, 1.165) is 4.47 Å². The topological polar surface area (TPSA) is 43.4 Å². The van der Waals surface area contributed by atoms with Gasteiger partial charge in [-0.1, -0.05) is 48.3 Å². The Morgan fingerprint density at radius 3 is 2.06 bits per heavy atom. The first-order chi connectivity index (χ1) is 8.54. The second-order valence-corrected chi connectivity index (χ2v) is 4.53. The third-order valence-electron chi connectivity index (χ3n) is 1.78. The van der Waals surface area contributed by atoms with Crippen LogP contribution in [0.3, 0.4) is 0 Å². The number of esters is 1. The second kappa shape index (κ2) is 9.83. The Labute approximate surface area is 117 Å². The highest BCUT2D eigenvalue weighted by Crippen LogP contribution is 2.12. The Hall–Kier alpha value is -1.16. The van der Waals surface area contributed by atoms with Gasteiger partial charge in [0.05, 0.1) is 6.61 Å². The van der Waals surface area contributed by atoms with Gasteiger partial charge in [0.25, 0.3) is 0 Å². The molecule has 0 aromatic heterocycles. The van der Waals surface area contributed by atoms with Crippen LogP contribution in [0.2, 0.25) is 0 Å². The summed E-state index contributed by atoms with van der Waals surface area (Å²) in [6.45, 7) is 6.26. The van der Waals surface area contributed by atoms with Gasteiger partial charge >= 0.3 is 5.97 Å². The molecule has 0 N–H and O–H groups in total. The van der Waals surface area contributed by atoms with Gasteiger partial charge in [0.2, 0.25) is 0 Å². The first-order valence-electron chi connectivity index (χ1n) is 5.99. The number of hydrogen-bond acceptors (Lipinski definition) is 3. The molecule has 1 aromatic carbocycles. The molecule has 0 atom stereocenters. The van der Waals surface area contributed by atoms with Gasteiger partial charge in [-0.2, -0.15) is 0 Å². The number of halogens is 1. The van der Waals surface area contributed by atoms with E-state index < -0.39 is 5.97 Å². The van der Waals surface area contributed by atoms with E-state index in [1.165, 1.54) is 6.42 Å². The van der Waals surface area contributed by atoms with E-state index in [1.807, 2.05) is 0 Å². The van der Waals surface area contributed by atoms with Crippen LogP contribution in [0.25, 0.3) is 0 Å². The molecule has 1 aromatic rings. The van der Waals surface area contributed by atoms with Crippen LogP contribution >= 0.6 is 15.9 Å². The molecule has 0 saturated carbocycles. The highest BCUT2D eigenvalue weighted by molar-refractivity contribution is 9.10. The number of ketones is 1. The molecule has 0 aliphatic heterocycles. The maximum atomic E-state index is 11.5. The molecular weight excluding hydrogens is 296 g/mol. The van der Waals surface area contributed by atoms with Crippen LogP contribution in [0.5, 0.6) is 0 Å². The van der Waals surface area contributed by atoms with Crippen molar-refractivity contribution in [2.24, 2.45) is 0 Å². The van der Waals surface area contributed by atoms with Gasteiger partial charge in [0, 0.05) is 10.0 Å².